The van der Waals surface area contributed by atoms with Crippen molar-refractivity contribution in [1.82, 2.24) is 0 Å². The van der Waals surface area contributed by atoms with Crippen LogP contribution >= 0.6 is 0 Å². The highest BCUT2D eigenvalue weighted by atomic mass is 32.2. The summed E-state index contributed by atoms with van der Waals surface area (Å²) in [6, 6.07) is 0. The maximum Gasteiger partial charge on any atom is 0.305 e. The first-order valence-electron chi connectivity index (χ1n) is 4.29. The lowest BCUT2D eigenvalue weighted by molar-refractivity contribution is -0.140. The predicted octanol–water partition coefficient (Wildman–Crippen LogP) is 0.989. The number of hydrogen-bond donors (Lipinski definition) is 0. The highest BCUT2D eigenvalue weighted by molar-refractivity contribution is 7.79. The Balaban J connectivity index is 3.08. The standard InChI is InChI=1S/C8H16O4S/c1-12-8(9)6-4-2-3-5-7-13(10)11/h2-7H2,1H3,(H,10,11)/p-1. The SMILES string of the molecule is COC(=O)CCCCCCS(=O)[O-]. The number of ether oxygens (including phenoxy) is 1. The number of carbonyl (C=O) groups excluding carboxylic acids is 1. The molecule has 0 aliphatic heterocycles. The number of methoxy groups -OCH3 is 1. The summed E-state index contributed by atoms with van der Waals surface area (Å²) in [7, 11) is 1.36. The zero-order valence-electron chi connectivity index (χ0n) is 7.78. The summed E-state index contributed by atoms with van der Waals surface area (Å²) in [4.78, 5) is 10.6. The van der Waals surface area contributed by atoms with E-state index in [0.29, 0.717) is 12.8 Å². The zero-order valence-corrected chi connectivity index (χ0v) is 8.60. The lowest BCUT2D eigenvalue weighted by Crippen LogP contribution is -1.99. The minimum Gasteiger partial charge on any atom is -0.772 e. The van der Waals surface area contributed by atoms with Crippen LogP contribution < -0.4 is 0 Å². The van der Waals surface area contributed by atoms with E-state index >= 15 is 0 Å². The number of carbonyl (C=O) groups is 1. The van der Waals surface area contributed by atoms with Crippen LogP contribution in [0.4, 0.5) is 0 Å². The van der Waals surface area contributed by atoms with Crippen LogP contribution in [0.2, 0.25) is 0 Å². The van der Waals surface area contributed by atoms with Crippen LogP contribution in [0.5, 0.6) is 0 Å². The normalized spacial score (nSPS) is 12.5. The monoisotopic (exact) mass is 207 g/mol. The van der Waals surface area contributed by atoms with E-state index in [4.69, 9.17) is 0 Å². The van der Waals surface area contributed by atoms with E-state index in [9.17, 15) is 13.6 Å². The highest BCUT2D eigenvalue weighted by Crippen LogP contribution is 2.04. The first-order chi connectivity index (χ1) is 6.16. The van der Waals surface area contributed by atoms with E-state index < -0.39 is 11.1 Å². The summed E-state index contributed by atoms with van der Waals surface area (Å²) in [6.07, 6.45) is 3.61. The molecule has 0 heterocycles. The van der Waals surface area contributed by atoms with E-state index in [-0.39, 0.29) is 11.7 Å². The molecule has 4 nitrogen and oxygen atoms in total. The molecule has 0 aromatic carbocycles. The number of esters is 1. The summed E-state index contributed by atoms with van der Waals surface area (Å²) >= 11 is -1.92. The fourth-order valence-electron chi connectivity index (χ4n) is 0.945. The lowest BCUT2D eigenvalue weighted by atomic mass is 10.2. The Bertz CT molecular complexity index is 170. The van der Waals surface area contributed by atoms with Gasteiger partial charge in [0.25, 0.3) is 0 Å². The Morgan fingerprint density at radius 2 is 1.92 bits per heavy atom. The lowest BCUT2D eigenvalue weighted by Gasteiger charge is -2.03. The van der Waals surface area contributed by atoms with Gasteiger partial charge in [0.1, 0.15) is 0 Å². The predicted molar refractivity (Wildman–Crippen MR) is 48.9 cm³/mol. The van der Waals surface area contributed by atoms with Gasteiger partial charge in [-0.15, -0.1) is 0 Å². The minimum atomic E-state index is -1.92. The third-order valence-electron chi connectivity index (χ3n) is 1.67. The topological polar surface area (TPSA) is 66.4 Å². The summed E-state index contributed by atoms with van der Waals surface area (Å²) in [6.45, 7) is 0. The molecule has 0 fully saturated rings. The van der Waals surface area contributed by atoms with E-state index in [1.807, 2.05) is 0 Å². The smallest absolute Gasteiger partial charge is 0.305 e. The molecule has 0 N–H and O–H groups in total. The molecular weight excluding hydrogens is 192 g/mol. The highest BCUT2D eigenvalue weighted by Gasteiger charge is 1.98. The second-order valence-corrected chi connectivity index (χ2v) is 3.76. The third-order valence-corrected chi connectivity index (χ3v) is 2.29. The first kappa shape index (κ1) is 12.6. The summed E-state index contributed by atoms with van der Waals surface area (Å²) in [5, 5.41) is 0. The van der Waals surface area contributed by atoms with Crippen molar-refractivity contribution in [2.75, 3.05) is 12.9 Å². The Hall–Kier alpha value is -0.420. The van der Waals surface area contributed by atoms with E-state index in [0.717, 1.165) is 19.3 Å². The molecule has 0 amide bonds. The van der Waals surface area contributed by atoms with E-state index in [1.54, 1.807) is 0 Å². The van der Waals surface area contributed by atoms with Gasteiger partial charge in [-0.3, -0.25) is 9.00 Å². The number of unbranched alkanes of at least 4 members (excludes halogenated alkanes) is 3. The fourth-order valence-corrected chi connectivity index (χ4v) is 1.38. The molecule has 0 aromatic rings. The Kier molecular flexibility index (Phi) is 7.93. The molecule has 78 valence electrons. The van der Waals surface area contributed by atoms with Crippen LogP contribution in [-0.2, 0) is 20.6 Å². The zero-order chi connectivity index (χ0) is 10.1. The average Bonchev–Trinajstić information content (AvgIpc) is 2.10. The molecule has 0 rings (SSSR count). The van der Waals surface area contributed by atoms with E-state index in [2.05, 4.69) is 4.74 Å². The second kappa shape index (κ2) is 8.19. The Morgan fingerprint density at radius 3 is 2.46 bits per heavy atom. The van der Waals surface area contributed by atoms with Crippen molar-refractivity contribution in [2.45, 2.75) is 32.1 Å². The molecule has 0 radical (unpaired) electrons. The van der Waals surface area contributed by atoms with Gasteiger partial charge in [0, 0.05) is 12.2 Å². The molecule has 0 aromatic heterocycles. The number of hydrogen-bond acceptors (Lipinski definition) is 4. The molecule has 0 aliphatic carbocycles. The van der Waals surface area contributed by atoms with Gasteiger partial charge in [0.15, 0.2) is 0 Å². The summed E-state index contributed by atoms with van der Waals surface area (Å²) in [5.41, 5.74) is 0. The molecule has 5 heteroatoms. The van der Waals surface area contributed by atoms with Crippen LogP contribution in [0.25, 0.3) is 0 Å². The molecule has 0 bridgehead atoms. The minimum absolute atomic E-state index is 0.201. The second-order valence-electron chi connectivity index (χ2n) is 2.75. The van der Waals surface area contributed by atoms with Crippen LogP contribution in [0, 0.1) is 0 Å². The van der Waals surface area contributed by atoms with Gasteiger partial charge in [0.2, 0.25) is 0 Å². The van der Waals surface area contributed by atoms with Gasteiger partial charge in [-0.1, -0.05) is 23.9 Å². The van der Waals surface area contributed by atoms with Gasteiger partial charge >= 0.3 is 5.97 Å². The summed E-state index contributed by atoms with van der Waals surface area (Å²) < 4.78 is 24.7. The van der Waals surface area contributed by atoms with Crippen molar-refractivity contribution in [3.8, 4) is 0 Å². The van der Waals surface area contributed by atoms with Crippen molar-refractivity contribution in [2.24, 2.45) is 0 Å². The van der Waals surface area contributed by atoms with Crippen LogP contribution in [0.15, 0.2) is 0 Å². The molecule has 1 unspecified atom stereocenters. The average molecular weight is 207 g/mol. The Morgan fingerprint density at radius 1 is 1.31 bits per heavy atom. The van der Waals surface area contributed by atoms with Gasteiger partial charge in [-0.2, -0.15) is 0 Å². The van der Waals surface area contributed by atoms with Gasteiger partial charge < -0.3 is 9.29 Å². The molecule has 0 aliphatic rings. The largest absolute Gasteiger partial charge is 0.772 e. The molecule has 1 atom stereocenters. The fraction of sp³-hybridized carbons (Fsp3) is 0.875. The van der Waals surface area contributed by atoms with E-state index in [1.165, 1.54) is 7.11 Å². The van der Waals surface area contributed by atoms with Crippen LogP contribution in [0.1, 0.15) is 32.1 Å². The van der Waals surface area contributed by atoms with Crippen molar-refractivity contribution < 1.29 is 18.3 Å². The summed E-state index contributed by atoms with van der Waals surface area (Å²) in [5.74, 6) is 0.0190. The Labute approximate surface area is 80.9 Å². The quantitative estimate of drug-likeness (QED) is 0.355. The van der Waals surface area contributed by atoms with Crippen molar-refractivity contribution in [1.29, 1.82) is 0 Å². The first-order valence-corrected chi connectivity index (χ1v) is 5.54. The maximum atomic E-state index is 10.6. The van der Waals surface area contributed by atoms with Crippen LogP contribution in [-0.4, -0.2) is 27.6 Å². The third kappa shape index (κ3) is 9.49. The van der Waals surface area contributed by atoms with Gasteiger partial charge in [-0.05, 0) is 12.8 Å². The van der Waals surface area contributed by atoms with Gasteiger partial charge in [-0.25, -0.2) is 0 Å². The maximum absolute atomic E-state index is 10.6. The van der Waals surface area contributed by atoms with Crippen molar-refractivity contribution >= 4 is 17.0 Å². The molecule has 0 saturated carbocycles. The van der Waals surface area contributed by atoms with Crippen LogP contribution in [0.3, 0.4) is 0 Å². The molecular formula is C8H15O4S-. The van der Waals surface area contributed by atoms with Gasteiger partial charge in [0.05, 0.1) is 7.11 Å². The molecule has 13 heavy (non-hydrogen) atoms. The molecule has 0 saturated heterocycles. The van der Waals surface area contributed by atoms with Crippen molar-refractivity contribution in [3.63, 3.8) is 0 Å². The number of rotatable bonds is 7. The van der Waals surface area contributed by atoms with Crippen molar-refractivity contribution in [3.05, 3.63) is 0 Å². The molecule has 0 spiro atoms.